The van der Waals surface area contributed by atoms with Gasteiger partial charge in [0.1, 0.15) is 23.2 Å². The van der Waals surface area contributed by atoms with Gasteiger partial charge in [0.2, 0.25) is 0 Å². The van der Waals surface area contributed by atoms with Crippen molar-refractivity contribution >= 4 is 35.0 Å². The topological polar surface area (TPSA) is 76.7 Å². The highest BCUT2D eigenvalue weighted by atomic mass is 35.5. The predicted octanol–water partition coefficient (Wildman–Crippen LogP) is 7.08. The van der Waals surface area contributed by atoms with Gasteiger partial charge in [0.15, 0.2) is 0 Å². The second-order valence-corrected chi connectivity index (χ2v) is 8.14. The van der Waals surface area contributed by atoms with Crippen LogP contribution in [-0.2, 0) is 4.74 Å². The van der Waals surface area contributed by atoms with Crippen LogP contribution in [0.15, 0.2) is 97.1 Å². The van der Waals surface area contributed by atoms with Crippen molar-refractivity contribution in [3.8, 4) is 5.75 Å². The number of halogens is 2. The monoisotopic (exact) mass is 504 g/mol. The molecule has 0 spiro atoms. The summed E-state index contributed by atoms with van der Waals surface area (Å²) in [5, 5.41) is 5.08. The Morgan fingerprint density at radius 2 is 1.36 bits per heavy atom. The van der Waals surface area contributed by atoms with Gasteiger partial charge in [0.25, 0.3) is 0 Å². The molecule has 0 saturated carbocycles. The van der Waals surface area contributed by atoms with Crippen LogP contribution in [0.5, 0.6) is 5.75 Å². The summed E-state index contributed by atoms with van der Waals surface area (Å²) < 4.78 is 24.7. The minimum absolute atomic E-state index is 0.117. The van der Waals surface area contributed by atoms with E-state index in [1.807, 2.05) is 60.7 Å². The van der Waals surface area contributed by atoms with E-state index < -0.39 is 23.9 Å². The number of hydrogen-bond acceptors (Lipinski definition) is 4. The molecule has 0 bridgehead atoms. The van der Waals surface area contributed by atoms with Gasteiger partial charge in [-0.15, -0.1) is 0 Å². The van der Waals surface area contributed by atoms with Crippen LogP contribution in [0, 0.1) is 5.82 Å². The summed E-state index contributed by atoms with van der Waals surface area (Å²) in [7, 11) is 1.27. The Kier molecular flexibility index (Phi) is 7.82. The molecule has 4 aromatic rings. The molecule has 0 saturated heterocycles. The van der Waals surface area contributed by atoms with Crippen molar-refractivity contribution in [2.75, 3.05) is 17.7 Å². The van der Waals surface area contributed by atoms with Gasteiger partial charge < -0.3 is 20.1 Å². The van der Waals surface area contributed by atoms with Gasteiger partial charge >= 0.3 is 12.0 Å². The van der Waals surface area contributed by atoms with E-state index >= 15 is 0 Å². The molecule has 182 valence electrons. The molecule has 0 atom stereocenters. The zero-order valence-electron chi connectivity index (χ0n) is 19.2. The summed E-state index contributed by atoms with van der Waals surface area (Å²) in [6, 6.07) is 27.1. The molecule has 0 aliphatic heterocycles. The second-order valence-electron chi connectivity index (χ2n) is 7.73. The number of anilines is 2. The first-order valence-electron chi connectivity index (χ1n) is 11.0. The van der Waals surface area contributed by atoms with Gasteiger partial charge in [0, 0.05) is 11.4 Å². The first-order valence-corrected chi connectivity index (χ1v) is 11.3. The Balaban J connectivity index is 1.60. The SMILES string of the molecule is COC(=O)c1cc(NC(=O)Nc2ccc(F)c(Cl)c2)ccc1OC(c1ccccc1)c1ccccc1. The lowest BCUT2D eigenvalue weighted by Gasteiger charge is -2.22. The number of ether oxygens (including phenoxy) is 2. The molecule has 0 heterocycles. The lowest BCUT2D eigenvalue weighted by molar-refractivity contribution is 0.0594. The number of hydrogen-bond donors (Lipinski definition) is 2. The van der Waals surface area contributed by atoms with Gasteiger partial charge in [-0.2, -0.15) is 0 Å². The molecule has 0 radical (unpaired) electrons. The zero-order chi connectivity index (χ0) is 25.5. The van der Waals surface area contributed by atoms with Crippen LogP contribution in [0.1, 0.15) is 27.6 Å². The Labute approximate surface area is 212 Å². The lowest BCUT2D eigenvalue weighted by atomic mass is 10.0. The van der Waals surface area contributed by atoms with Gasteiger partial charge in [-0.1, -0.05) is 72.3 Å². The van der Waals surface area contributed by atoms with Crippen LogP contribution in [-0.4, -0.2) is 19.1 Å². The molecular weight excluding hydrogens is 483 g/mol. The lowest BCUT2D eigenvalue weighted by Crippen LogP contribution is -2.20. The Bertz CT molecular complexity index is 1330. The highest BCUT2D eigenvalue weighted by molar-refractivity contribution is 6.31. The molecule has 0 aliphatic carbocycles. The number of rotatable bonds is 7. The molecule has 36 heavy (non-hydrogen) atoms. The van der Waals surface area contributed by atoms with Crippen LogP contribution in [0.2, 0.25) is 5.02 Å². The maximum atomic E-state index is 13.4. The Morgan fingerprint density at radius 3 is 1.92 bits per heavy atom. The van der Waals surface area contributed by atoms with Crippen molar-refractivity contribution in [2.45, 2.75) is 6.10 Å². The molecule has 4 rings (SSSR count). The molecule has 8 heteroatoms. The Hall–Kier alpha value is -4.36. The van der Waals surface area contributed by atoms with Crippen LogP contribution < -0.4 is 15.4 Å². The third kappa shape index (κ3) is 6.00. The summed E-state index contributed by atoms with van der Waals surface area (Å²) in [4.78, 5) is 25.1. The van der Waals surface area contributed by atoms with E-state index in [-0.39, 0.29) is 16.3 Å². The van der Waals surface area contributed by atoms with Crippen molar-refractivity contribution in [3.63, 3.8) is 0 Å². The standard InChI is InChI=1S/C28H22ClFN2O4/c1-35-27(33)22-16-20(31-28(34)32-21-12-14-24(30)23(29)17-21)13-15-25(22)36-26(18-8-4-2-5-9-18)19-10-6-3-7-11-19/h2-17,26H,1H3,(H2,31,32,34). The molecule has 0 unspecified atom stereocenters. The van der Waals surface area contributed by atoms with E-state index in [1.54, 1.807) is 12.1 Å². The maximum absolute atomic E-state index is 13.4. The van der Waals surface area contributed by atoms with E-state index in [0.717, 1.165) is 17.2 Å². The fraction of sp³-hybridized carbons (Fsp3) is 0.0714. The fourth-order valence-electron chi connectivity index (χ4n) is 3.56. The largest absolute Gasteiger partial charge is 0.480 e. The number of carbonyl (C=O) groups is 2. The summed E-state index contributed by atoms with van der Waals surface area (Å²) in [6.07, 6.45) is -0.485. The van der Waals surface area contributed by atoms with Crippen LogP contribution in [0.25, 0.3) is 0 Å². The number of nitrogens with one attached hydrogen (secondary N) is 2. The minimum atomic E-state index is -0.626. The van der Waals surface area contributed by atoms with Crippen LogP contribution in [0.4, 0.5) is 20.6 Å². The van der Waals surface area contributed by atoms with Crippen LogP contribution in [0.3, 0.4) is 0 Å². The summed E-state index contributed by atoms with van der Waals surface area (Å²) in [5.41, 5.74) is 2.57. The van der Waals surface area contributed by atoms with Crippen molar-refractivity contribution in [1.82, 2.24) is 0 Å². The van der Waals surface area contributed by atoms with E-state index in [9.17, 15) is 14.0 Å². The summed E-state index contributed by atoms with van der Waals surface area (Å²) in [5.74, 6) is -0.930. The quantitative estimate of drug-likeness (QED) is 0.264. The molecule has 0 fully saturated rings. The maximum Gasteiger partial charge on any atom is 0.341 e. The van der Waals surface area contributed by atoms with Crippen molar-refractivity contribution < 1.29 is 23.5 Å². The van der Waals surface area contributed by atoms with Crippen molar-refractivity contribution in [1.29, 1.82) is 0 Å². The number of benzene rings is 4. The number of carbonyl (C=O) groups excluding carboxylic acids is 2. The first-order chi connectivity index (χ1) is 17.4. The second kappa shape index (κ2) is 11.4. The number of urea groups is 1. The minimum Gasteiger partial charge on any atom is -0.480 e. The number of amides is 2. The van der Waals surface area contributed by atoms with E-state index in [1.165, 1.54) is 25.3 Å². The number of methoxy groups -OCH3 is 1. The molecule has 0 aromatic heterocycles. The summed E-state index contributed by atoms with van der Waals surface area (Å²) in [6.45, 7) is 0. The average Bonchev–Trinajstić information content (AvgIpc) is 2.90. The Morgan fingerprint density at radius 1 is 0.806 bits per heavy atom. The van der Waals surface area contributed by atoms with Gasteiger partial charge in [-0.05, 0) is 47.5 Å². The van der Waals surface area contributed by atoms with E-state index in [0.29, 0.717) is 11.4 Å². The molecule has 4 aromatic carbocycles. The normalized spacial score (nSPS) is 10.6. The highest BCUT2D eigenvalue weighted by Gasteiger charge is 2.21. The summed E-state index contributed by atoms with van der Waals surface area (Å²) >= 11 is 5.76. The third-order valence-electron chi connectivity index (χ3n) is 5.27. The van der Waals surface area contributed by atoms with Gasteiger partial charge in [0.05, 0.1) is 12.1 Å². The smallest absolute Gasteiger partial charge is 0.341 e. The average molecular weight is 505 g/mol. The molecule has 2 N–H and O–H groups in total. The van der Waals surface area contributed by atoms with E-state index in [4.69, 9.17) is 21.1 Å². The molecular formula is C28H22ClFN2O4. The molecule has 6 nitrogen and oxygen atoms in total. The van der Waals surface area contributed by atoms with Gasteiger partial charge in [-0.25, -0.2) is 14.0 Å². The molecule has 2 amide bonds. The highest BCUT2D eigenvalue weighted by Crippen LogP contribution is 2.32. The van der Waals surface area contributed by atoms with Crippen molar-refractivity contribution in [2.24, 2.45) is 0 Å². The third-order valence-corrected chi connectivity index (χ3v) is 5.56. The zero-order valence-corrected chi connectivity index (χ0v) is 20.0. The first kappa shape index (κ1) is 24.8. The molecule has 0 aliphatic rings. The van der Waals surface area contributed by atoms with Crippen LogP contribution >= 0.6 is 11.6 Å². The fourth-order valence-corrected chi connectivity index (χ4v) is 3.74. The van der Waals surface area contributed by atoms with E-state index in [2.05, 4.69) is 10.6 Å². The van der Waals surface area contributed by atoms with Gasteiger partial charge in [-0.3, -0.25) is 0 Å². The number of esters is 1. The van der Waals surface area contributed by atoms with Crippen molar-refractivity contribution in [3.05, 3.63) is 125 Å². The predicted molar refractivity (Wildman–Crippen MR) is 137 cm³/mol.